The molecule has 1 amide bonds. The van der Waals surface area contributed by atoms with Crippen molar-refractivity contribution in [2.24, 2.45) is 17.8 Å². The number of ether oxygens (including phenoxy) is 2. The van der Waals surface area contributed by atoms with Gasteiger partial charge in [-0.05, 0) is 36.0 Å². The van der Waals surface area contributed by atoms with Crippen LogP contribution in [0.2, 0.25) is 0 Å². The van der Waals surface area contributed by atoms with Gasteiger partial charge < -0.3 is 9.47 Å². The number of fused-ring (bicyclic) bond motifs is 1. The van der Waals surface area contributed by atoms with E-state index in [1.165, 1.54) is 5.56 Å². The summed E-state index contributed by atoms with van der Waals surface area (Å²) in [6, 6.07) is 8.22. The molecule has 136 valence electrons. The second-order valence-corrected chi connectivity index (χ2v) is 7.24. The highest BCUT2D eigenvalue weighted by Crippen LogP contribution is 2.36. The Labute approximate surface area is 148 Å². The van der Waals surface area contributed by atoms with E-state index in [0.29, 0.717) is 31.6 Å². The molecule has 1 aromatic carbocycles. The van der Waals surface area contributed by atoms with Crippen molar-refractivity contribution in [2.45, 2.75) is 13.0 Å². The molecule has 6 nitrogen and oxygen atoms in total. The number of rotatable bonds is 4. The monoisotopic (exact) mass is 346 g/mol. The van der Waals surface area contributed by atoms with Crippen molar-refractivity contribution in [3.05, 3.63) is 29.8 Å². The first-order valence-electron chi connectivity index (χ1n) is 9.12. The van der Waals surface area contributed by atoms with Crippen molar-refractivity contribution < 1.29 is 19.1 Å². The zero-order valence-corrected chi connectivity index (χ0v) is 14.7. The summed E-state index contributed by atoms with van der Waals surface area (Å²) >= 11 is 0. The first-order chi connectivity index (χ1) is 12.2. The van der Waals surface area contributed by atoms with Gasteiger partial charge in [-0.25, -0.2) is 5.06 Å². The number of hydrogen-bond donors (Lipinski definition) is 0. The molecule has 3 atom stereocenters. The van der Waals surface area contributed by atoms with Crippen LogP contribution >= 0.6 is 0 Å². The topological polar surface area (TPSA) is 51.2 Å². The molecule has 3 heterocycles. The van der Waals surface area contributed by atoms with E-state index in [0.717, 1.165) is 38.4 Å². The third-order valence-corrected chi connectivity index (χ3v) is 5.59. The largest absolute Gasteiger partial charge is 0.497 e. The maximum atomic E-state index is 12.8. The van der Waals surface area contributed by atoms with Crippen LogP contribution in [0.4, 0.5) is 0 Å². The Bertz CT molecular complexity index is 600. The summed E-state index contributed by atoms with van der Waals surface area (Å²) in [6.07, 6.45) is 0.928. The Balaban J connectivity index is 1.40. The highest BCUT2D eigenvalue weighted by molar-refractivity contribution is 5.78. The normalized spacial score (nSPS) is 29.6. The highest BCUT2D eigenvalue weighted by atomic mass is 16.7. The molecule has 4 rings (SSSR count). The lowest BCUT2D eigenvalue weighted by Gasteiger charge is -2.33. The van der Waals surface area contributed by atoms with E-state index in [1.54, 1.807) is 12.2 Å². The van der Waals surface area contributed by atoms with Crippen molar-refractivity contribution in [3.8, 4) is 5.75 Å². The number of methoxy groups -OCH3 is 1. The minimum Gasteiger partial charge on any atom is -0.497 e. The third kappa shape index (κ3) is 3.52. The molecule has 0 saturated carbocycles. The molecule has 0 unspecified atom stereocenters. The van der Waals surface area contributed by atoms with Crippen LogP contribution in [0.15, 0.2) is 24.3 Å². The van der Waals surface area contributed by atoms with E-state index in [2.05, 4.69) is 17.0 Å². The van der Waals surface area contributed by atoms with Crippen LogP contribution in [0.5, 0.6) is 5.75 Å². The van der Waals surface area contributed by atoms with Crippen molar-refractivity contribution >= 4 is 5.91 Å². The summed E-state index contributed by atoms with van der Waals surface area (Å²) in [6.45, 7) is 5.48. The minimum atomic E-state index is -0.0716. The minimum absolute atomic E-state index is 0.0716. The van der Waals surface area contributed by atoms with Gasteiger partial charge in [-0.1, -0.05) is 12.1 Å². The summed E-state index contributed by atoms with van der Waals surface area (Å²) in [4.78, 5) is 20.7. The second kappa shape index (κ2) is 7.32. The molecule has 0 spiro atoms. The lowest BCUT2D eigenvalue weighted by atomic mass is 9.82. The van der Waals surface area contributed by atoms with Crippen LogP contribution < -0.4 is 4.74 Å². The van der Waals surface area contributed by atoms with E-state index in [-0.39, 0.29) is 11.8 Å². The van der Waals surface area contributed by atoms with Crippen LogP contribution in [0.1, 0.15) is 12.0 Å². The van der Waals surface area contributed by atoms with E-state index in [4.69, 9.17) is 14.3 Å². The first-order valence-corrected chi connectivity index (χ1v) is 9.12. The summed E-state index contributed by atoms with van der Waals surface area (Å²) in [7, 11) is 1.68. The van der Waals surface area contributed by atoms with Gasteiger partial charge in [-0.3, -0.25) is 14.5 Å². The van der Waals surface area contributed by atoms with E-state index < -0.39 is 0 Å². The Hall–Kier alpha value is -1.63. The number of hydroxylamine groups is 2. The molecular weight excluding hydrogens is 320 g/mol. The number of nitrogens with zero attached hydrogens (tertiary/aromatic N) is 2. The molecule has 1 aromatic rings. The van der Waals surface area contributed by atoms with Gasteiger partial charge in [-0.15, -0.1) is 0 Å². The summed E-state index contributed by atoms with van der Waals surface area (Å²) < 4.78 is 11.0. The van der Waals surface area contributed by atoms with Gasteiger partial charge in [-0.2, -0.15) is 0 Å². The Kier molecular flexibility index (Phi) is 4.92. The van der Waals surface area contributed by atoms with E-state index in [1.807, 2.05) is 12.1 Å². The number of likely N-dealkylation sites (tertiary alicyclic amines) is 1. The standard InChI is InChI=1S/C19H26N2O4/c1-23-16-5-3-14(4-6-16)9-20-10-15-12-24-13-18(17(15)11-20)19(22)21-7-2-8-25-21/h3-6,15,17-18H,2,7-13H2,1H3/t15-,17-,18+/m1/s1. The molecule has 0 aliphatic carbocycles. The SMILES string of the molecule is COc1ccc(CN2C[C@@H]3COC[C@H](C(=O)N4CCCO4)[C@@H]3C2)cc1. The van der Waals surface area contributed by atoms with Crippen LogP contribution in [0.25, 0.3) is 0 Å². The lowest BCUT2D eigenvalue weighted by Crippen LogP contribution is -2.45. The van der Waals surface area contributed by atoms with Crippen molar-refractivity contribution in [3.63, 3.8) is 0 Å². The van der Waals surface area contributed by atoms with Gasteiger partial charge >= 0.3 is 0 Å². The molecule has 3 aliphatic heterocycles. The van der Waals surface area contributed by atoms with E-state index >= 15 is 0 Å². The van der Waals surface area contributed by atoms with Gasteiger partial charge in [0.2, 0.25) is 0 Å². The molecular formula is C19H26N2O4. The van der Waals surface area contributed by atoms with Crippen molar-refractivity contribution in [2.75, 3.05) is 46.6 Å². The van der Waals surface area contributed by atoms with Gasteiger partial charge in [0, 0.05) is 19.6 Å². The molecule has 0 radical (unpaired) electrons. The zero-order valence-electron chi connectivity index (χ0n) is 14.7. The Morgan fingerprint density at radius 1 is 1.24 bits per heavy atom. The predicted molar refractivity (Wildman–Crippen MR) is 91.8 cm³/mol. The van der Waals surface area contributed by atoms with Gasteiger partial charge in [0.15, 0.2) is 0 Å². The second-order valence-electron chi connectivity index (χ2n) is 7.24. The molecule has 0 aromatic heterocycles. The molecule has 6 heteroatoms. The fourth-order valence-corrected chi connectivity index (χ4v) is 4.27. The highest BCUT2D eigenvalue weighted by Gasteiger charge is 2.45. The third-order valence-electron chi connectivity index (χ3n) is 5.59. The number of amides is 1. The quantitative estimate of drug-likeness (QED) is 0.828. The summed E-state index contributed by atoms with van der Waals surface area (Å²) in [5, 5.41) is 1.56. The summed E-state index contributed by atoms with van der Waals surface area (Å²) in [5.74, 6) is 1.71. The Morgan fingerprint density at radius 3 is 2.80 bits per heavy atom. The van der Waals surface area contributed by atoms with E-state index in [9.17, 15) is 4.79 Å². The lowest BCUT2D eigenvalue weighted by molar-refractivity contribution is -0.181. The predicted octanol–water partition coefficient (Wildman–Crippen LogP) is 1.55. The molecule has 3 aliphatic rings. The Morgan fingerprint density at radius 2 is 2.08 bits per heavy atom. The molecule has 0 N–H and O–H groups in total. The van der Waals surface area contributed by atoms with Crippen LogP contribution in [-0.4, -0.2) is 62.4 Å². The molecule has 0 bridgehead atoms. The molecule has 3 saturated heterocycles. The average Bonchev–Trinajstić information content (AvgIpc) is 3.31. The van der Waals surface area contributed by atoms with Crippen molar-refractivity contribution in [1.82, 2.24) is 9.96 Å². The number of hydrogen-bond acceptors (Lipinski definition) is 5. The fourth-order valence-electron chi connectivity index (χ4n) is 4.27. The van der Waals surface area contributed by atoms with Gasteiger partial charge in [0.25, 0.3) is 5.91 Å². The maximum absolute atomic E-state index is 12.8. The number of carbonyl (C=O) groups is 1. The van der Waals surface area contributed by atoms with Crippen molar-refractivity contribution in [1.29, 1.82) is 0 Å². The van der Waals surface area contributed by atoms with Crippen LogP contribution in [0.3, 0.4) is 0 Å². The smallest absolute Gasteiger partial charge is 0.251 e. The van der Waals surface area contributed by atoms with Crippen LogP contribution in [-0.2, 0) is 20.9 Å². The first kappa shape index (κ1) is 16.8. The number of benzene rings is 1. The number of carbonyl (C=O) groups excluding carboxylic acids is 1. The van der Waals surface area contributed by atoms with Gasteiger partial charge in [0.1, 0.15) is 5.75 Å². The summed E-state index contributed by atoms with van der Waals surface area (Å²) in [5.41, 5.74) is 1.27. The average molecular weight is 346 g/mol. The molecule has 25 heavy (non-hydrogen) atoms. The maximum Gasteiger partial charge on any atom is 0.251 e. The fraction of sp³-hybridized carbons (Fsp3) is 0.632. The van der Waals surface area contributed by atoms with Crippen LogP contribution in [0, 0.1) is 17.8 Å². The van der Waals surface area contributed by atoms with Gasteiger partial charge in [0.05, 0.1) is 39.4 Å². The molecule has 3 fully saturated rings. The zero-order chi connectivity index (χ0) is 17.2.